The van der Waals surface area contributed by atoms with E-state index in [4.69, 9.17) is 0 Å². The number of hydrogen-bond donors (Lipinski definition) is 0. The van der Waals surface area contributed by atoms with Gasteiger partial charge in [0.25, 0.3) is 0 Å². The lowest BCUT2D eigenvalue weighted by Crippen LogP contribution is -2.10. The Bertz CT molecular complexity index is 966. The van der Waals surface area contributed by atoms with Gasteiger partial charge in [0.15, 0.2) is 0 Å². The van der Waals surface area contributed by atoms with Crippen molar-refractivity contribution in [1.82, 2.24) is 0 Å². The Balaban J connectivity index is 1.41. The average Bonchev–Trinajstić information content (AvgIpc) is 3.50. The van der Waals surface area contributed by atoms with E-state index >= 15 is 0 Å². The average molecular weight is 387 g/mol. The highest BCUT2D eigenvalue weighted by Crippen LogP contribution is 2.72. The number of hydrogen-bond acceptors (Lipinski definition) is 2. The summed E-state index contributed by atoms with van der Waals surface area (Å²) in [5.74, 6) is 6.04. The maximum Gasteiger partial charge on any atom is 0.0398 e. The molecular formula is C25H22S2. The molecule has 2 aromatic carbocycles. The minimum absolute atomic E-state index is 0.819. The molecule has 4 unspecified atom stereocenters. The zero-order chi connectivity index (χ0) is 17.5. The number of thioether (sulfide) groups is 2. The van der Waals surface area contributed by atoms with Crippen molar-refractivity contribution >= 4 is 29.1 Å². The molecule has 1 aliphatic heterocycles. The Morgan fingerprint density at radius 1 is 0.593 bits per heavy atom. The van der Waals surface area contributed by atoms with Crippen LogP contribution < -0.4 is 0 Å². The monoisotopic (exact) mass is 386 g/mol. The van der Waals surface area contributed by atoms with Crippen LogP contribution in [-0.4, -0.2) is 11.5 Å². The molecule has 1 saturated heterocycles. The van der Waals surface area contributed by atoms with Gasteiger partial charge in [-0.25, -0.2) is 0 Å². The first kappa shape index (κ1) is 15.5. The van der Waals surface area contributed by atoms with Gasteiger partial charge in [-0.2, -0.15) is 0 Å². The molecule has 6 aliphatic rings. The quantitative estimate of drug-likeness (QED) is 0.415. The van der Waals surface area contributed by atoms with E-state index in [0.717, 1.165) is 23.7 Å². The van der Waals surface area contributed by atoms with Crippen molar-refractivity contribution in [2.24, 2.45) is 23.7 Å². The molecule has 2 aromatic rings. The summed E-state index contributed by atoms with van der Waals surface area (Å²) in [7, 11) is 0. The second kappa shape index (κ2) is 5.58. The van der Waals surface area contributed by atoms with Crippen molar-refractivity contribution in [3.8, 4) is 11.1 Å². The fourth-order valence-electron chi connectivity index (χ4n) is 6.73. The molecule has 134 valence electrons. The first-order valence-corrected chi connectivity index (χ1v) is 12.3. The van der Waals surface area contributed by atoms with Crippen LogP contribution in [0.5, 0.6) is 0 Å². The Hall–Kier alpha value is -1.38. The van der Waals surface area contributed by atoms with Crippen molar-refractivity contribution in [3.63, 3.8) is 0 Å². The summed E-state index contributed by atoms with van der Waals surface area (Å²) in [4.78, 5) is 0. The molecule has 0 N–H and O–H groups in total. The predicted molar refractivity (Wildman–Crippen MR) is 118 cm³/mol. The van der Waals surface area contributed by atoms with E-state index in [1.165, 1.54) is 53.0 Å². The van der Waals surface area contributed by atoms with Gasteiger partial charge in [0.2, 0.25) is 0 Å². The molecule has 0 aromatic heterocycles. The van der Waals surface area contributed by atoms with Crippen LogP contribution in [0.2, 0.25) is 0 Å². The molecule has 0 nitrogen and oxygen atoms in total. The van der Waals surface area contributed by atoms with Crippen LogP contribution >= 0.6 is 23.5 Å². The summed E-state index contributed by atoms with van der Waals surface area (Å²) in [5.41, 5.74) is 11.3. The lowest BCUT2D eigenvalue weighted by molar-refractivity contribution is 0.457. The number of benzene rings is 2. The van der Waals surface area contributed by atoms with E-state index in [0.29, 0.717) is 0 Å². The Kier molecular flexibility index (Phi) is 3.21. The highest BCUT2D eigenvalue weighted by atomic mass is 32.2. The van der Waals surface area contributed by atoms with Crippen LogP contribution in [0.15, 0.2) is 63.9 Å². The SMILES string of the molecule is c1ccc2c(c1)C(=C1C3CC4C(=C5SCCCS5)C3CC14)c1ccccc1-2. The van der Waals surface area contributed by atoms with Crippen molar-refractivity contribution < 1.29 is 0 Å². The molecule has 4 bridgehead atoms. The summed E-state index contributed by atoms with van der Waals surface area (Å²) in [5, 5.41) is 0. The smallest absolute Gasteiger partial charge is 0.0398 e. The lowest BCUT2D eigenvalue weighted by Gasteiger charge is -2.24. The van der Waals surface area contributed by atoms with E-state index in [-0.39, 0.29) is 0 Å². The molecule has 2 heteroatoms. The molecule has 5 aliphatic carbocycles. The van der Waals surface area contributed by atoms with E-state index in [1.807, 2.05) is 11.1 Å². The molecule has 1 heterocycles. The molecule has 4 saturated carbocycles. The number of allylic oxidation sites excluding steroid dienone is 2. The largest absolute Gasteiger partial charge is 0.119 e. The molecule has 27 heavy (non-hydrogen) atoms. The van der Waals surface area contributed by atoms with Crippen LogP contribution in [0, 0.1) is 23.7 Å². The number of fused-ring (bicyclic) bond motifs is 3. The zero-order valence-electron chi connectivity index (χ0n) is 15.3. The van der Waals surface area contributed by atoms with E-state index < -0.39 is 0 Å². The van der Waals surface area contributed by atoms with E-state index in [2.05, 4.69) is 72.1 Å². The summed E-state index contributed by atoms with van der Waals surface area (Å²) >= 11 is 4.34. The lowest BCUT2D eigenvalue weighted by atomic mass is 9.85. The molecule has 0 amide bonds. The Morgan fingerprint density at radius 3 is 1.63 bits per heavy atom. The maximum atomic E-state index is 2.37. The standard InChI is InChI=1S/C25H22S2/c1-3-8-16-14(6-1)15-7-2-4-9-17(15)22(16)23-18-12-20-19(23)13-21(18)24(20)25-26-10-5-11-27-25/h1-4,6-9,18-21H,5,10-13H2. The molecular weight excluding hydrogens is 364 g/mol. The molecule has 8 rings (SSSR count). The third-order valence-electron chi connectivity index (χ3n) is 7.55. The minimum atomic E-state index is 0.819. The summed E-state index contributed by atoms with van der Waals surface area (Å²) < 4.78 is 1.73. The van der Waals surface area contributed by atoms with Gasteiger partial charge < -0.3 is 0 Å². The topological polar surface area (TPSA) is 0 Å². The summed E-state index contributed by atoms with van der Waals surface area (Å²) in [6.45, 7) is 0. The van der Waals surface area contributed by atoms with Gasteiger partial charge in [0, 0.05) is 4.24 Å². The third kappa shape index (κ3) is 1.94. The van der Waals surface area contributed by atoms with Gasteiger partial charge in [0.05, 0.1) is 0 Å². The minimum Gasteiger partial charge on any atom is -0.119 e. The molecule has 0 radical (unpaired) electrons. The first-order valence-electron chi connectivity index (χ1n) is 10.3. The number of rotatable bonds is 0. The highest BCUT2D eigenvalue weighted by Gasteiger charge is 2.61. The van der Waals surface area contributed by atoms with Gasteiger partial charge >= 0.3 is 0 Å². The van der Waals surface area contributed by atoms with Gasteiger partial charge in [-0.1, -0.05) is 54.1 Å². The van der Waals surface area contributed by atoms with Crippen LogP contribution in [0.3, 0.4) is 0 Å². The summed E-state index contributed by atoms with van der Waals surface area (Å²) in [6, 6.07) is 18.2. The predicted octanol–water partition coefficient (Wildman–Crippen LogP) is 6.84. The van der Waals surface area contributed by atoms with Gasteiger partial charge in [-0.05, 0) is 87.8 Å². The van der Waals surface area contributed by atoms with Gasteiger partial charge in [0.1, 0.15) is 0 Å². The van der Waals surface area contributed by atoms with Crippen molar-refractivity contribution in [2.45, 2.75) is 19.3 Å². The summed E-state index contributed by atoms with van der Waals surface area (Å²) in [6.07, 6.45) is 4.24. The normalized spacial score (nSPS) is 32.6. The first-order chi connectivity index (χ1) is 13.4. The fourth-order valence-corrected chi connectivity index (χ4v) is 9.63. The Morgan fingerprint density at radius 2 is 1.07 bits per heavy atom. The van der Waals surface area contributed by atoms with Gasteiger partial charge in [-0.15, -0.1) is 23.5 Å². The molecule has 4 atom stereocenters. The van der Waals surface area contributed by atoms with E-state index in [1.54, 1.807) is 9.81 Å². The maximum absolute atomic E-state index is 2.37. The van der Waals surface area contributed by atoms with Crippen LogP contribution in [0.1, 0.15) is 30.4 Å². The van der Waals surface area contributed by atoms with Crippen LogP contribution in [0.25, 0.3) is 16.7 Å². The highest BCUT2D eigenvalue weighted by molar-refractivity contribution is 8.22. The van der Waals surface area contributed by atoms with Crippen molar-refractivity contribution in [2.75, 3.05) is 11.5 Å². The van der Waals surface area contributed by atoms with Crippen LogP contribution in [0.4, 0.5) is 0 Å². The van der Waals surface area contributed by atoms with E-state index in [9.17, 15) is 0 Å². The fraction of sp³-hybridized carbons (Fsp3) is 0.360. The second-order valence-corrected chi connectivity index (χ2v) is 11.1. The van der Waals surface area contributed by atoms with Gasteiger partial charge in [-0.3, -0.25) is 0 Å². The van der Waals surface area contributed by atoms with Crippen molar-refractivity contribution in [3.05, 3.63) is 75.0 Å². The van der Waals surface area contributed by atoms with Crippen molar-refractivity contribution in [1.29, 1.82) is 0 Å². The molecule has 5 fully saturated rings. The Labute approximate surface area is 169 Å². The zero-order valence-corrected chi connectivity index (χ0v) is 16.9. The van der Waals surface area contributed by atoms with Crippen LogP contribution in [-0.2, 0) is 0 Å². The third-order valence-corrected chi connectivity index (χ3v) is 10.2. The molecule has 0 spiro atoms. The second-order valence-electron chi connectivity index (χ2n) is 8.61.